The van der Waals surface area contributed by atoms with Crippen LogP contribution in [0.3, 0.4) is 0 Å². The number of nitrogens with one attached hydrogen (secondary N) is 1. The van der Waals surface area contributed by atoms with Crippen LogP contribution in [0.5, 0.6) is 0 Å². The van der Waals surface area contributed by atoms with E-state index in [1.165, 1.54) is 0 Å². The maximum absolute atomic E-state index is 11.5. The summed E-state index contributed by atoms with van der Waals surface area (Å²) in [6, 6.07) is 9.83. The number of carbonyl (C=O) groups is 1. The Morgan fingerprint density at radius 1 is 1.29 bits per heavy atom. The molecule has 17 heavy (non-hydrogen) atoms. The molecule has 3 heteroatoms. The van der Waals surface area contributed by atoms with Gasteiger partial charge in [-0.25, -0.2) is 4.79 Å². The highest BCUT2D eigenvalue weighted by Gasteiger charge is 2.09. The van der Waals surface area contributed by atoms with Gasteiger partial charge in [0.25, 0.3) is 0 Å². The minimum absolute atomic E-state index is 0.0186. The largest absolute Gasteiger partial charge is 0.450 e. The normalized spacial score (nSPS) is 11.9. The van der Waals surface area contributed by atoms with Crippen LogP contribution in [0.15, 0.2) is 30.3 Å². The number of unbranched alkanes of at least 4 members (excludes halogenated alkanes) is 2. The molecule has 0 aliphatic rings. The van der Waals surface area contributed by atoms with E-state index in [9.17, 15) is 4.79 Å². The van der Waals surface area contributed by atoms with Crippen molar-refractivity contribution in [2.24, 2.45) is 0 Å². The van der Waals surface area contributed by atoms with E-state index in [0.717, 1.165) is 24.8 Å². The summed E-state index contributed by atoms with van der Waals surface area (Å²) in [4.78, 5) is 11.5. The third-order valence-corrected chi connectivity index (χ3v) is 2.61. The van der Waals surface area contributed by atoms with Gasteiger partial charge in [-0.2, -0.15) is 0 Å². The van der Waals surface area contributed by atoms with Gasteiger partial charge >= 0.3 is 6.09 Å². The van der Waals surface area contributed by atoms with E-state index in [2.05, 4.69) is 12.2 Å². The first-order valence-corrected chi connectivity index (χ1v) is 6.22. The van der Waals surface area contributed by atoms with Gasteiger partial charge in [0.15, 0.2) is 0 Å². The van der Waals surface area contributed by atoms with Crippen molar-refractivity contribution in [3.05, 3.63) is 35.9 Å². The van der Waals surface area contributed by atoms with Crippen molar-refractivity contribution in [1.29, 1.82) is 0 Å². The lowest BCUT2D eigenvalue weighted by molar-refractivity contribution is 0.141. The zero-order valence-corrected chi connectivity index (χ0v) is 10.6. The summed E-state index contributed by atoms with van der Waals surface area (Å²) >= 11 is 0. The molecule has 0 aliphatic heterocycles. The van der Waals surface area contributed by atoms with Gasteiger partial charge < -0.3 is 10.1 Å². The molecule has 1 amide bonds. The summed E-state index contributed by atoms with van der Waals surface area (Å²) < 4.78 is 5.09. The van der Waals surface area contributed by atoms with Crippen LogP contribution in [0.2, 0.25) is 0 Å². The van der Waals surface area contributed by atoms with Crippen LogP contribution in [0.25, 0.3) is 0 Å². The van der Waals surface area contributed by atoms with Gasteiger partial charge in [0.05, 0.1) is 12.6 Å². The zero-order chi connectivity index (χ0) is 12.5. The minimum Gasteiger partial charge on any atom is -0.450 e. The second-order valence-electron chi connectivity index (χ2n) is 4.12. The fourth-order valence-corrected chi connectivity index (χ4v) is 1.56. The van der Waals surface area contributed by atoms with Crippen molar-refractivity contribution in [3.63, 3.8) is 0 Å². The zero-order valence-electron chi connectivity index (χ0n) is 10.6. The van der Waals surface area contributed by atoms with Crippen molar-refractivity contribution in [2.45, 2.75) is 39.2 Å². The molecule has 0 spiro atoms. The van der Waals surface area contributed by atoms with Crippen LogP contribution < -0.4 is 5.32 Å². The average molecular weight is 235 g/mol. The predicted octanol–water partition coefficient (Wildman–Crippen LogP) is 3.66. The first-order chi connectivity index (χ1) is 8.24. The summed E-state index contributed by atoms with van der Waals surface area (Å²) in [6.45, 7) is 4.57. The van der Waals surface area contributed by atoms with Crippen LogP contribution in [0, 0.1) is 0 Å². The molecule has 1 aromatic carbocycles. The molecule has 0 bridgehead atoms. The molecule has 0 aliphatic carbocycles. The molecule has 94 valence electrons. The number of hydrogen-bond donors (Lipinski definition) is 1. The first kappa shape index (κ1) is 13.6. The standard InChI is InChI=1S/C14H21NO2/c1-3-4-8-11-17-14(16)15-12(2)13-9-6-5-7-10-13/h5-7,9-10,12H,3-4,8,11H2,1-2H3,(H,15,16). The van der Waals surface area contributed by atoms with E-state index >= 15 is 0 Å². The van der Waals surface area contributed by atoms with E-state index in [4.69, 9.17) is 4.74 Å². The number of hydrogen-bond acceptors (Lipinski definition) is 2. The quantitative estimate of drug-likeness (QED) is 0.764. The van der Waals surface area contributed by atoms with Gasteiger partial charge in [-0.3, -0.25) is 0 Å². The van der Waals surface area contributed by atoms with Gasteiger partial charge in [-0.05, 0) is 18.9 Å². The molecule has 0 fully saturated rings. The number of carbonyl (C=O) groups excluding carboxylic acids is 1. The summed E-state index contributed by atoms with van der Waals surface area (Å²) in [7, 11) is 0. The Labute approximate surface area is 103 Å². The molecule has 1 rings (SSSR count). The number of benzene rings is 1. The Morgan fingerprint density at radius 2 is 2.00 bits per heavy atom. The van der Waals surface area contributed by atoms with Crippen molar-refractivity contribution in [3.8, 4) is 0 Å². The molecule has 1 unspecified atom stereocenters. The van der Waals surface area contributed by atoms with Crippen LogP contribution in [-0.2, 0) is 4.74 Å². The highest BCUT2D eigenvalue weighted by atomic mass is 16.5. The molecule has 1 N–H and O–H groups in total. The van der Waals surface area contributed by atoms with Crippen molar-refractivity contribution >= 4 is 6.09 Å². The molecule has 3 nitrogen and oxygen atoms in total. The summed E-state index contributed by atoms with van der Waals surface area (Å²) in [6.07, 6.45) is 2.83. The highest BCUT2D eigenvalue weighted by molar-refractivity contribution is 5.67. The van der Waals surface area contributed by atoms with Gasteiger partial charge in [-0.1, -0.05) is 50.1 Å². The molecule has 0 aromatic heterocycles. The fourth-order valence-electron chi connectivity index (χ4n) is 1.56. The molecule has 0 heterocycles. The molecule has 0 radical (unpaired) electrons. The van der Waals surface area contributed by atoms with Crippen LogP contribution in [0.4, 0.5) is 4.79 Å². The van der Waals surface area contributed by atoms with E-state index in [-0.39, 0.29) is 12.1 Å². The Morgan fingerprint density at radius 3 is 2.65 bits per heavy atom. The topological polar surface area (TPSA) is 38.3 Å². The Kier molecular flexibility index (Phi) is 6.15. The van der Waals surface area contributed by atoms with Crippen LogP contribution >= 0.6 is 0 Å². The van der Waals surface area contributed by atoms with Crippen molar-refractivity contribution < 1.29 is 9.53 Å². The summed E-state index contributed by atoms with van der Waals surface area (Å²) in [5.74, 6) is 0. The van der Waals surface area contributed by atoms with E-state index in [1.807, 2.05) is 37.3 Å². The molecule has 0 saturated carbocycles. The SMILES string of the molecule is CCCCCOC(=O)NC(C)c1ccccc1. The van der Waals surface area contributed by atoms with Crippen molar-refractivity contribution in [2.75, 3.05) is 6.61 Å². The molecule has 1 atom stereocenters. The molecular formula is C14H21NO2. The number of alkyl carbamates (subject to hydrolysis) is 1. The van der Waals surface area contributed by atoms with Crippen molar-refractivity contribution in [1.82, 2.24) is 5.32 Å². The van der Waals surface area contributed by atoms with Crippen LogP contribution in [-0.4, -0.2) is 12.7 Å². The van der Waals surface area contributed by atoms with Gasteiger partial charge in [0.1, 0.15) is 0 Å². The third-order valence-electron chi connectivity index (χ3n) is 2.61. The third kappa shape index (κ3) is 5.38. The smallest absolute Gasteiger partial charge is 0.407 e. The van der Waals surface area contributed by atoms with Gasteiger partial charge in [0, 0.05) is 0 Å². The Bertz CT molecular complexity index is 324. The summed E-state index contributed by atoms with van der Waals surface area (Å²) in [5.41, 5.74) is 1.08. The van der Waals surface area contributed by atoms with Gasteiger partial charge in [-0.15, -0.1) is 0 Å². The minimum atomic E-state index is -0.336. The van der Waals surface area contributed by atoms with E-state index < -0.39 is 0 Å². The maximum Gasteiger partial charge on any atom is 0.407 e. The molecule has 0 saturated heterocycles. The lowest BCUT2D eigenvalue weighted by atomic mass is 10.1. The fraction of sp³-hybridized carbons (Fsp3) is 0.500. The average Bonchev–Trinajstić information content (AvgIpc) is 2.36. The second-order valence-corrected chi connectivity index (χ2v) is 4.12. The number of rotatable bonds is 6. The van der Waals surface area contributed by atoms with E-state index in [1.54, 1.807) is 0 Å². The Hall–Kier alpha value is -1.51. The molecule has 1 aromatic rings. The Balaban J connectivity index is 2.26. The first-order valence-electron chi connectivity index (χ1n) is 6.22. The van der Waals surface area contributed by atoms with Gasteiger partial charge in [0.2, 0.25) is 0 Å². The van der Waals surface area contributed by atoms with E-state index in [0.29, 0.717) is 6.61 Å². The lowest BCUT2D eigenvalue weighted by Crippen LogP contribution is -2.27. The maximum atomic E-state index is 11.5. The second kappa shape index (κ2) is 7.71. The monoisotopic (exact) mass is 235 g/mol. The number of ether oxygens (including phenoxy) is 1. The summed E-state index contributed by atoms with van der Waals surface area (Å²) in [5, 5.41) is 2.81. The lowest BCUT2D eigenvalue weighted by Gasteiger charge is -2.14. The highest BCUT2D eigenvalue weighted by Crippen LogP contribution is 2.11. The predicted molar refractivity (Wildman–Crippen MR) is 68.9 cm³/mol. The molecular weight excluding hydrogens is 214 g/mol. The number of amides is 1. The van der Waals surface area contributed by atoms with Crippen LogP contribution in [0.1, 0.15) is 44.7 Å².